The van der Waals surface area contributed by atoms with Crippen molar-refractivity contribution in [2.75, 3.05) is 31.5 Å². The second-order valence-corrected chi connectivity index (χ2v) is 6.29. The zero-order valence-electron chi connectivity index (χ0n) is 13.4. The van der Waals surface area contributed by atoms with Gasteiger partial charge in [-0.1, -0.05) is 25.3 Å². The molecular weight excluding hydrogens is 292 g/mol. The number of urea groups is 1. The Morgan fingerprint density at radius 1 is 1.00 bits per heavy atom. The van der Waals surface area contributed by atoms with E-state index in [1.165, 1.54) is 19.3 Å². The van der Waals surface area contributed by atoms with Crippen molar-refractivity contribution in [1.82, 2.24) is 14.8 Å². The molecule has 1 saturated heterocycles. The van der Waals surface area contributed by atoms with Crippen molar-refractivity contribution in [3.8, 4) is 0 Å². The molecule has 1 N–H and O–H groups in total. The topological polar surface area (TPSA) is 65.5 Å². The molecule has 0 bridgehead atoms. The number of pyridine rings is 1. The smallest absolute Gasteiger partial charge is 0.323 e. The van der Waals surface area contributed by atoms with E-state index >= 15 is 0 Å². The van der Waals surface area contributed by atoms with E-state index in [2.05, 4.69) is 10.3 Å². The van der Waals surface area contributed by atoms with Gasteiger partial charge in [0.15, 0.2) is 0 Å². The maximum absolute atomic E-state index is 12.5. The molecule has 0 radical (unpaired) electrons. The van der Waals surface area contributed by atoms with E-state index in [1.807, 2.05) is 17.0 Å². The first-order valence-electron chi connectivity index (χ1n) is 8.50. The van der Waals surface area contributed by atoms with Gasteiger partial charge in [-0.3, -0.25) is 10.1 Å². The van der Waals surface area contributed by atoms with E-state index in [0.29, 0.717) is 32.0 Å². The van der Waals surface area contributed by atoms with Gasteiger partial charge in [0, 0.05) is 38.3 Å². The Kier molecular flexibility index (Phi) is 5.10. The van der Waals surface area contributed by atoms with Crippen LogP contribution in [0.5, 0.6) is 0 Å². The monoisotopic (exact) mass is 316 g/mol. The summed E-state index contributed by atoms with van der Waals surface area (Å²) in [5, 5.41) is 2.79. The predicted octanol–water partition coefficient (Wildman–Crippen LogP) is 2.34. The molecule has 1 saturated carbocycles. The number of hydrogen-bond donors (Lipinski definition) is 1. The average molecular weight is 316 g/mol. The van der Waals surface area contributed by atoms with Crippen LogP contribution < -0.4 is 5.32 Å². The van der Waals surface area contributed by atoms with Gasteiger partial charge in [0.2, 0.25) is 5.91 Å². The number of aromatic nitrogens is 1. The van der Waals surface area contributed by atoms with Crippen molar-refractivity contribution in [3.05, 3.63) is 24.4 Å². The molecule has 0 aromatic carbocycles. The molecule has 6 heteroatoms. The largest absolute Gasteiger partial charge is 0.339 e. The first-order chi connectivity index (χ1) is 11.2. The van der Waals surface area contributed by atoms with Crippen LogP contribution in [0.25, 0.3) is 0 Å². The lowest BCUT2D eigenvalue weighted by Gasteiger charge is -2.37. The highest BCUT2D eigenvalue weighted by molar-refractivity contribution is 5.88. The van der Waals surface area contributed by atoms with Crippen molar-refractivity contribution >= 4 is 17.8 Å². The minimum atomic E-state index is -0.145. The van der Waals surface area contributed by atoms with E-state index < -0.39 is 0 Å². The Bertz CT molecular complexity index is 535. The Morgan fingerprint density at radius 3 is 2.35 bits per heavy atom. The fraction of sp³-hybridized carbons (Fsp3) is 0.588. The summed E-state index contributed by atoms with van der Waals surface area (Å²) >= 11 is 0. The van der Waals surface area contributed by atoms with Gasteiger partial charge in [-0.05, 0) is 25.0 Å². The van der Waals surface area contributed by atoms with Crippen LogP contribution in [0, 0.1) is 5.92 Å². The summed E-state index contributed by atoms with van der Waals surface area (Å²) in [5.74, 6) is 1.05. The van der Waals surface area contributed by atoms with Crippen LogP contribution in [-0.2, 0) is 4.79 Å². The highest BCUT2D eigenvalue weighted by atomic mass is 16.2. The van der Waals surface area contributed by atoms with Gasteiger partial charge in [-0.2, -0.15) is 0 Å². The second kappa shape index (κ2) is 7.44. The van der Waals surface area contributed by atoms with Gasteiger partial charge in [0.1, 0.15) is 5.82 Å². The molecule has 1 aromatic heterocycles. The van der Waals surface area contributed by atoms with Crippen molar-refractivity contribution in [2.24, 2.45) is 5.92 Å². The fourth-order valence-corrected chi connectivity index (χ4v) is 3.36. The lowest BCUT2D eigenvalue weighted by Crippen LogP contribution is -2.53. The average Bonchev–Trinajstić information content (AvgIpc) is 2.63. The van der Waals surface area contributed by atoms with Gasteiger partial charge in [-0.15, -0.1) is 0 Å². The summed E-state index contributed by atoms with van der Waals surface area (Å²) < 4.78 is 0. The van der Waals surface area contributed by atoms with Crippen molar-refractivity contribution in [2.45, 2.75) is 32.1 Å². The van der Waals surface area contributed by atoms with Gasteiger partial charge in [0.25, 0.3) is 0 Å². The number of amides is 3. The second-order valence-electron chi connectivity index (χ2n) is 6.29. The molecule has 3 amide bonds. The molecule has 1 aliphatic heterocycles. The Labute approximate surface area is 136 Å². The fourth-order valence-electron chi connectivity index (χ4n) is 3.36. The zero-order chi connectivity index (χ0) is 16.1. The number of nitrogens with one attached hydrogen (secondary N) is 1. The van der Waals surface area contributed by atoms with E-state index in [1.54, 1.807) is 17.2 Å². The summed E-state index contributed by atoms with van der Waals surface area (Å²) in [5.41, 5.74) is 0. The standard InChI is InChI=1S/C17H24N4O2/c22-16(14-6-2-1-3-7-14)20-10-12-21(13-11-20)17(23)19-15-8-4-5-9-18-15/h4-5,8-9,14H,1-3,6-7,10-13H2,(H,18,19,23). The minimum absolute atomic E-state index is 0.145. The van der Waals surface area contributed by atoms with Crippen LogP contribution in [0.15, 0.2) is 24.4 Å². The lowest BCUT2D eigenvalue weighted by atomic mass is 9.88. The van der Waals surface area contributed by atoms with Crippen LogP contribution in [-0.4, -0.2) is 52.9 Å². The van der Waals surface area contributed by atoms with E-state index in [9.17, 15) is 9.59 Å². The van der Waals surface area contributed by atoms with Gasteiger partial charge in [0.05, 0.1) is 0 Å². The number of rotatable bonds is 2. The molecule has 1 aromatic rings. The highest BCUT2D eigenvalue weighted by Crippen LogP contribution is 2.25. The Morgan fingerprint density at radius 2 is 1.70 bits per heavy atom. The highest BCUT2D eigenvalue weighted by Gasteiger charge is 2.29. The van der Waals surface area contributed by atoms with E-state index in [-0.39, 0.29) is 17.9 Å². The van der Waals surface area contributed by atoms with E-state index in [4.69, 9.17) is 0 Å². The van der Waals surface area contributed by atoms with Crippen LogP contribution in [0.1, 0.15) is 32.1 Å². The quantitative estimate of drug-likeness (QED) is 0.911. The molecule has 124 valence electrons. The van der Waals surface area contributed by atoms with Crippen molar-refractivity contribution < 1.29 is 9.59 Å². The lowest BCUT2D eigenvalue weighted by molar-refractivity contribution is -0.137. The first kappa shape index (κ1) is 15.8. The van der Waals surface area contributed by atoms with Crippen molar-refractivity contribution in [1.29, 1.82) is 0 Å². The zero-order valence-corrected chi connectivity index (χ0v) is 13.4. The predicted molar refractivity (Wildman–Crippen MR) is 88.0 cm³/mol. The number of anilines is 1. The maximum atomic E-state index is 12.5. The molecule has 23 heavy (non-hydrogen) atoms. The Balaban J connectivity index is 1.48. The normalized spacial score (nSPS) is 19.5. The molecule has 2 fully saturated rings. The third kappa shape index (κ3) is 4.00. The molecule has 1 aliphatic carbocycles. The van der Waals surface area contributed by atoms with Crippen LogP contribution >= 0.6 is 0 Å². The SMILES string of the molecule is O=C(Nc1ccccn1)N1CCN(C(=O)C2CCCCC2)CC1. The summed E-state index contributed by atoms with van der Waals surface area (Å²) in [7, 11) is 0. The number of hydrogen-bond acceptors (Lipinski definition) is 3. The first-order valence-corrected chi connectivity index (χ1v) is 8.50. The summed E-state index contributed by atoms with van der Waals surface area (Å²) in [6.07, 6.45) is 7.30. The van der Waals surface area contributed by atoms with Crippen LogP contribution in [0.2, 0.25) is 0 Å². The molecule has 2 heterocycles. The number of carbonyl (C=O) groups is 2. The van der Waals surface area contributed by atoms with Gasteiger partial charge < -0.3 is 9.80 Å². The minimum Gasteiger partial charge on any atom is -0.339 e. The summed E-state index contributed by atoms with van der Waals surface area (Å²) in [4.78, 5) is 32.5. The van der Waals surface area contributed by atoms with Gasteiger partial charge in [-0.25, -0.2) is 9.78 Å². The molecule has 0 spiro atoms. The van der Waals surface area contributed by atoms with Crippen molar-refractivity contribution in [3.63, 3.8) is 0 Å². The third-order valence-electron chi connectivity index (χ3n) is 4.73. The molecule has 3 rings (SSSR count). The molecule has 0 unspecified atom stereocenters. The summed E-state index contributed by atoms with van der Waals surface area (Å²) in [6, 6.07) is 5.27. The molecular formula is C17H24N4O2. The number of carbonyl (C=O) groups excluding carboxylic acids is 2. The van der Waals surface area contributed by atoms with E-state index in [0.717, 1.165) is 12.8 Å². The van der Waals surface area contributed by atoms with Crippen LogP contribution in [0.4, 0.5) is 10.6 Å². The third-order valence-corrected chi connectivity index (χ3v) is 4.73. The molecule has 2 aliphatic rings. The maximum Gasteiger partial charge on any atom is 0.323 e. The number of nitrogens with zero attached hydrogens (tertiary/aromatic N) is 3. The molecule has 6 nitrogen and oxygen atoms in total. The Hall–Kier alpha value is -2.11. The summed E-state index contributed by atoms with van der Waals surface area (Å²) in [6.45, 7) is 2.42. The van der Waals surface area contributed by atoms with Crippen LogP contribution in [0.3, 0.4) is 0 Å². The number of piperazine rings is 1. The molecule has 0 atom stereocenters. The van der Waals surface area contributed by atoms with Gasteiger partial charge >= 0.3 is 6.03 Å².